The standard InChI is InChI=1S/C12H19NO3S/c1-10-6-5-7-13(11(10)14)8-9-17(15,16)12(2,3)4/h5-7H,8-9H2,1-4H3. The molecule has 0 aliphatic carbocycles. The van der Waals surface area contributed by atoms with Gasteiger partial charge in [0.15, 0.2) is 9.84 Å². The molecule has 1 heterocycles. The average Bonchev–Trinajstić information content (AvgIpc) is 2.18. The highest BCUT2D eigenvalue weighted by molar-refractivity contribution is 7.92. The van der Waals surface area contributed by atoms with Gasteiger partial charge in [-0.25, -0.2) is 8.42 Å². The number of aromatic nitrogens is 1. The number of nitrogens with zero attached hydrogens (tertiary/aromatic N) is 1. The summed E-state index contributed by atoms with van der Waals surface area (Å²) in [6, 6.07) is 3.47. The number of hydrogen-bond acceptors (Lipinski definition) is 3. The Morgan fingerprint density at radius 1 is 1.29 bits per heavy atom. The van der Waals surface area contributed by atoms with Crippen LogP contribution in [0.1, 0.15) is 26.3 Å². The van der Waals surface area contributed by atoms with E-state index in [9.17, 15) is 13.2 Å². The molecule has 0 spiro atoms. The molecule has 0 aliphatic heterocycles. The molecule has 0 saturated heterocycles. The van der Waals surface area contributed by atoms with E-state index in [-0.39, 0.29) is 17.9 Å². The summed E-state index contributed by atoms with van der Waals surface area (Å²) >= 11 is 0. The van der Waals surface area contributed by atoms with E-state index in [1.165, 1.54) is 4.57 Å². The molecule has 0 atom stereocenters. The first-order valence-electron chi connectivity index (χ1n) is 5.53. The SMILES string of the molecule is Cc1cccn(CCS(=O)(=O)C(C)(C)C)c1=O. The summed E-state index contributed by atoms with van der Waals surface area (Å²) in [6.07, 6.45) is 1.62. The van der Waals surface area contributed by atoms with Gasteiger partial charge in [-0.3, -0.25) is 4.79 Å². The molecule has 0 N–H and O–H groups in total. The highest BCUT2D eigenvalue weighted by atomic mass is 32.2. The summed E-state index contributed by atoms with van der Waals surface area (Å²) in [6.45, 7) is 6.93. The molecule has 1 aromatic heterocycles. The molecule has 0 bridgehead atoms. The van der Waals surface area contributed by atoms with Gasteiger partial charge in [-0.05, 0) is 33.8 Å². The molecular formula is C12H19NO3S. The number of rotatable bonds is 3. The fourth-order valence-corrected chi connectivity index (χ4v) is 2.41. The van der Waals surface area contributed by atoms with Gasteiger partial charge in [0, 0.05) is 18.3 Å². The molecule has 1 rings (SSSR count). The molecule has 0 unspecified atom stereocenters. The molecule has 0 aromatic carbocycles. The Balaban J connectivity index is 2.90. The first kappa shape index (κ1) is 14.0. The molecule has 4 nitrogen and oxygen atoms in total. The lowest BCUT2D eigenvalue weighted by Crippen LogP contribution is -2.33. The van der Waals surface area contributed by atoms with Crippen LogP contribution in [0.2, 0.25) is 0 Å². The first-order valence-corrected chi connectivity index (χ1v) is 7.19. The van der Waals surface area contributed by atoms with Gasteiger partial charge < -0.3 is 4.57 Å². The lowest BCUT2D eigenvalue weighted by Gasteiger charge is -2.19. The molecule has 1 aromatic rings. The van der Waals surface area contributed by atoms with E-state index in [1.54, 1.807) is 46.0 Å². The number of aryl methyl sites for hydroxylation is 2. The van der Waals surface area contributed by atoms with Crippen LogP contribution in [-0.4, -0.2) is 23.5 Å². The molecule has 96 valence electrons. The van der Waals surface area contributed by atoms with Crippen LogP contribution in [0.25, 0.3) is 0 Å². The first-order chi connectivity index (χ1) is 7.65. The molecule has 0 saturated carbocycles. The Kier molecular flexibility index (Phi) is 3.81. The number of pyridine rings is 1. The van der Waals surface area contributed by atoms with E-state index in [2.05, 4.69) is 0 Å². The zero-order valence-corrected chi connectivity index (χ0v) is 11.5. The zero-order chi connectivity index (χ0) is 13.3. The van der Waals surface area contributed by atoms with Crippen LogP contribution in [0.5, 0.6) is 0 Å². The van der Waals surface area contributed by atoms with Gasteiger partial charge in [0.2, 0.25) is 0 Å². The van der Waals surface area contributed by atoms with Crippen molar-refractivity contribution in [3.63, 3.8) is 0 Å². The van der Waals surface area contributed by atoms with Crippen LogP contribution >= 0.6 is 0 Å². The van der Waals surface area contributed by atoms with Gasteiger partial charge in [-0.15, -0.1) is 0 Å². The molecule has 0 radical (unpaired) electrons. The third-order valence-corrected chi connectivity index (χ3v) is 5.33. The maximum atomic E-state index is 11.9. The molecule has 17 heavy (non-hydrogen) atoms. The third-order valence-electron chi connectivity index (χ3n) is 2.74. The Hall–Kier alpha value is -1.10. The molecule has 0 fully saturated rings. The van der Waals surface area contributed by atoms with Crippen LogP contribution in [0.15, 0.2) is 23.1 Å². The predicted octanol–water partition coefficient (Wildman–Crippen LogP) is 1.37. The minimum Gasteiger partial charge on any atom is -0.314 e. The fourth-order valence-electron chi connectivity index (χ4n) is 1.36. The third kappa shape index (κ3) is 3.19. The van der Waals surface area contributed by atoms with Crippen molar-refractivity contribution in [3.8, 4) is 0 Å². The minimum atomic E-state index is -3.19. The van der Waals surface area contributed by atoms with Crippen LogP contribution in [0, 0.1) is 6.92 Å². The van der Waals surface area contributed by atoms with Gasteiger partial charge in [0.25, 0.3) is 5.56 Å². The molecular weight excluding hydrogens is 238 g/mol. The smallest absolute Gasteiger partial charge is 0.253 e. The van der Waals surface area contributed by atoms with Crippen molar-refractivity contribution >= 4 is 9.84 Å². The van der Waals surface area contributed by atoms with E-state index in [1.807, 2.05) is 0 Å². The number of sulfone groups is 1. The van der Waals surface area contributed by atoms with E-state index in [0.717, 1.165) is 0 Å². The maximum Gasteiger partial charge on any atom is 0.253 e. The van der Waals surface area contributed by atoms with Crippen LogP contribution < -0.4 is 5.56 Å². The second-order valence-corrected chi connectivity index (χ2v) is 7.98. The summed E-state index contributed by atoms with van der Waals surface area (Å²) in [5, 5.41) is 0. The zero-order valence-electron chi connectivity index (χ0n) is 10.7. The van der Waals surface area contributed by atoms with E-state index >= 15 is 0 Å². The summed E-state index contributed by atoms with van der Waals surface area (Å²) < 4.78 is 24.5. The predicted molar refractivity (Wildman–Crippen MR) is 69.0 cm³/mol. The van der Waals surface area contributed by atoms with E-state index in [4.69, 9.17) is 0 Å². The summed E-state index contributed by atoms with van der Waals surface area (Å²) in [7, 11) is -3.19. The highest BCUT2D eigenvalue weighted by Crippen LogP contribution is 2.15. The quantitative estimate of drug-likeness (QED) is 0.821. The van der Waals surface area contributed by atoms with Crippen molar-refractivity contribution in [2.75, 3.05) is 5.75 Å². The minimum absolute atomic E-state index is 0.0140. The monoisotopic (exact) mass is 257 g/mol. The van der Waals surface area contributed by atoms with Crippen molar-refractivity contribution in [1.29, 1.82) is 0 Å². The summed E-state index contributed by atoms with van der Waals surface area (Å²) in [5.74, 6) is -0.0140. The molecule has 5 heteroatoms. The molecule has 0 amide bonds. The Labute approximate surface area is 102 Å². The Morgan fingerprint density at radius 2 is 1.88 bits per heavy atom. The average molecular weight is 257 g/mol. The second kappa shape index (κ2) is 4.64. The lowest BCUT2D eigenvalue weighted by molar-refractivity contribution is 0.552. The van der Waals surface area contributed by atoms with Crippen LogP contribution in [0.3, 0.4) is 0 Å². The van der Waals surface area contributed by atoms with Gasteiger partial charge in [-0.1, -0.05) is 6.07 Å². The fraction of sp³-hybridized carbons (Fsp3) is 0.583. The van der Waals surface area contributed by atoms with Gasteiger partial charge in [-0.2, -0.15) is 0 Å². The van der Waals surface area contributed by atoms with Crippen molar-refractivity contribution in [2.24, 2.45) is 0 Å². The summed E-state index contributed by atoms with van der Waals surface area (Å²) in [5.41, 5.74) is 0.497. The van der Waals surface area contributed by atoms with Gasteiger partial charge >= 0.3 is 0 Å². The van der Waals surface area contributed by atoms with E-state index in [0.29, 0.717) is 5.56 Å². The summed E-state index contributed by atoms with van der Waals surface area (Å²) in [4.78, 5) is 11.7. The van der Waals surface area contributed by atoms with Crippen LogP contribution in [-0.2, 0) is 16.4 Å². The number of hydrogen-bond donors (Lipinski definition) is 0. The van der Waals surface area contributed by atoms with Crippen molar-refractivity contribution in [1.82, 2.24) is 4.57 Å². The maximum absolute atomic E-state index is 11.9. The second-order valence-electron chi connectivity index (χ2n) is 5.12. The van der Waals surface area contributed by atoms with Crippen molar-refractivity contribution < 1.29 is 8.42 Å². The normalized spacial score (nSPS) is 12.7. The Morgan fingerprint density at radius 3 is 2.41 bits per heavy atom. The largest absolute Gasteiger partial charge is 0.314 e. The van der Waals surface area contributed by atoms with Crippen molar-refractivity contribution in [2.45, 2.75) is 39.0 Å². The topological polar surface area (TPSA) is 56.1 Å². The highest BCUT2D eigenvalue weighted by Gasteiger charge is 2.28. The Bertz CT molecular complexity index is 550. The van der Waals surface area contributed by atoms with Crippen LogP contribution in [0.4, 0.5) is 0 Å². The lowest BCUT2D eigenvalue weighted by atomic mass is 10.3. The van der Waals surface area contributed by atoms with Gasteiger partial charge in [0.05, 0.1) is 10.5 Å². The van der Waals surface area contributed by atoms with E-state index < -0.39 is 14.6 Å². The van der Waals surface area contributed by atoms with Gasteiger partial charge in [0.1, 0.15) is 0 Å². The molecule has 0 aliphatic rings. The van der Waals surface area contributed by atoms with Crippen molar-refractivity contribution in [3.05, 3.63) is 34.2 Å².